The average molecular weight is 468 g/mol. The number of esters is 1. The van der Waals surface area contributed by atoms with Crippen LogP contribution in [0.15, 0.2) is 22.6 Å². The molecule has 1 unspecified atom stereocenters. The minimum absolute atomic E-state index is 0.000777. The van der Waals surface area contributed by atoms with Gasteiger partial charge in [-0.25, -0.2) is 4.98 Å². The second kappa shape index (κ2) is 9.24. The van der Waals surface area contributed by atoms with Crippen LogP contribution >= 0.6 is 0 Å². The summed E-state index contributed by atoms with van der Waals surface area (Å²) in [6.45, 7) is 7.44. The molecule has 0 saturated heterocycles. The van der Waals surface area contributed by atoms with Crippen molar-refractivity contribution >= 4 is 17.8 Å². The molecular weight excluding hydrogens is 434 g/mol. The Morgan fingerprint density at radius 1 is 1.26 bits per heavy atom. The van der Waals surface area contributed by atoms with Gasteiger partial charge in [-0.3, -0.25) is 14.4 Å². The van der Waals surface area contributed by atoms with Gasteiger partial charge in [-0.1, -0.05) is 18.9 Å². The molecule has 1 aromatic carbocycles. The van der Waals surface area contributed by atoms with Crippen LogP contribution in [0, 0.1) is 6.92 Å². The molecule has 4 rings (SSSR count). The lowest BCUT2D eigenvalue weighted by Gasteiger charge is -2.25. The van der Waals surface area contributed by atoms with Gasteiger partial charge >= 0.3 is 5.97 Å². The SMILES string of the molecule is Cc1nc(-c2ccc3c(c2)CN(C(CCC(=O)OC(C)(C)C)C(N)=O)C3=O)c(C2CCCC2)o1. The average Bonchev–Trinajstić information content (AvgIpc) is 3.46. The van der Waals surface area contributed by atoms with Crippen LogP contribution in [0.2, 0.25) is 0 Å². The molecule has 1 atom stereocenters. The Labute approximate surface area is 199 Å². The fourth-order valence-corrected chi connectivity index (χ4v) is 4.96. The number of primary amides is 1. The summed E-state index contributed by atoms with van der Waals surface area (Å²) in [6, 6.07) is 4.73. The molecule has 1 fully saturated rings. The van der Waals surface area contributed by atoms with Gasteiger partial charge in [-0.2, -0.15) is 0 Å². The van der Waals surface area contributed by atoms with Gasteiger partial charge in [0, 0.05) is 36.9 Å². The van der Waals surface area contributed by atoms with Gasteiger partial charge < -0.3 is 19.8 Å². The van der Waals surface area contributed by atoms with Gasteiger partial charge in [0.2, 0.25) is 5.91 Å². The molecule has 0 radical (unpaired) electrons. The molecule has 0 spiro atoms. The predicted molar refractivity (Wildman–Crippen MR) is 126 cm³/mol. The summed E-state index contributed by atoms with van der Waals surface area (Å²) >= 11 is 0. The number of fused-ring (bicyclic) bond motifs is 1. The zero-order valence-corrected chi connectivity index (χ0v) is 20.3. The Balaban J connectivity index is 1.54. The van der Waals surface area contributed by atoms with Crippen LogP contribution in [-0.4, -0.2) is 39.3 Å². The molecule has 0 bridgehead atoms. The third kappa shape index (κ3) is 5.00. The number of amides is 2. The first-order chi connectivity index (χ1) is 16.0. The zero-order chi connectivity index (χ0) is 24.6. The maximum atomic E-state index is 13.1. The van der Waals surface area contributed by atoms with E-state index in [4.69, 9.17) is 14.9 Å². The van der Waals surface area contributed by atoms with Crippen LogP contribution in [-0.2, 0) is 20.9 Å². The van der Waals surface area contributed by atoms with E-state index in [9.17, 15) is 14.4 Å². The van der Waals surface area contributed by atoms with Gasteiger partial charge in [0.05, 0.1) is 0 Å². The molecule has 1 aliphatic carbocycles. The van der Waals surface area contributed by atoms with E-state index in [1.807, 2.05) is 19.1 Å². The molecule has 182 valence electrons. The number of nitrogens with zero attached hydrogens (tertiary/aromatic N) is 2. The maximum Gasteiger partial charge on any atom is 0.306 e. The molecule has 1 aromatic heterocycles. The highest BCUT2D eigenvalue weighted by Crippen LogP contribution is 2.40. The van der Waals surface area contributed by atoms with Crippen molar-refractivity contribution in [1.29, 1.82) is 0 Å². The van der Waals surface area contributed by atoms with E-state index in [2.05, 4.69) is 4.98 Å². The van der Waals surface area contributed by atoms with Crippen LogP contribution in [0.25, 0.3) is 11.3 Å². The van der Waals surface area contributed by atoms with E-state index in [1.165, 1.54) is 17.7 Å². The number of aryl methyl sites for hydroxylation is 1. The summed E-state index contributed by atoms with van der Waals surface area (Å²) in [5.41, 5.74) is 8.09. The Morgan fingerprint density at radius 3 is 2.62 bits per heavy atom. The van der Waals surface area contributed by atoms with E-state index in [0.717, 1.165) is 35.4 Å². The van der Waals surface area contributed by atoms with Crippen molar-refractivity contribution in [3.63, 3.8) is 0 Å². The normalized spacial score (nSPS) is 17.2. The zero-order valence-electron chi connectivity index (χ0n) is 20.3. The van der Waals surface area contributed by atoms with Gasteiger partial charge in [-0.05, 0) is 57.7 Å². The standard InChI is InChI=1S/C26H33N3O5/c1-15-28-22(23(33-15)16-7-5-6-8-16)17-9-10-19-18(13-17)14-29(25(19)32)20(24(27)31)11-12-21(30)34-26(2,3)4/h9-10,13,16,20H,5-8,11-12,14H2,1-4H3,(H2,27,31). The smallest absolute Gasteiger partial charge is 0.306 e. The number of oxazole rings is 1. The summed E-state index contributed by atoms with van der Waals surface area (Å²) in [5.74, 6) is 0.595. The Morgan fingerprint density at radius 2 is 1.97 bits per heavy atom. The predicted octanol–water partition coefficient (Wildman–Crippen LogP) is 4.24. The molecule has 8 nitrogen and oxygen atoms in total. The largest absolute Gasteiger partial charge is 0.460 e. The summed E-state index contributed by atoms with van der Waals surface area (Å²) in [6.07, 6.45) is 4.68. The molecule has 1 saturated carbocycles. The topological polar surface area (TPSA) is 116 Å². The van der Waals surface area contributed by atoms with Crippen LogP contribution in [0.4, 0.5) is 0 Å². The van der Waals surface area contributed by atoms with Gasteiger partial charge in [0.15, 0.2) is 5.89 Å². The number of hydrogen-bond donors (Lipinski definition) is 1. The molecular formula is C26H33N3O5. The lowest BCUT2D eigenvalue weighted by atomic mass is 9.97. The maximum absolute atomic E-state index is 13.1. The van der Waals surface area contributed by atoms with E-state index in [-0.39, 0.29) is 25.3 Å². The van der Waals surface area contributed by atoms with Crippen molar-refractivity contribution in [2.45, 2.75) is 90.3 Å². The second-order valence-electron chi connectivity index (χ2n) is 10.3. The third-order valence-electron chi connectivity index (χ3n) is 6.44. The number of aromatic nitrogens is 1. The van der Waals surface area contributed by atoms with Crippen molar-refractivity contribution in [3.05, 3.63) is 41.0 Å². The van der Waals surface area contributed by atoms with E-state index in [0.29, 0.717) is 17.4 Å². The third-order valence-corrected chi connectivity index (χ3v) is 6.44. The quantitative estimate of drug-likeness (QED) is 0.609. The second-order valence-corrected chi connectivity index (χ2v) is 10.3. The number of hydrogen-bond acceptors (Lipinski definition) is 6. The van der Waals surface area contributed by atoms with Crippen molar-refractivity contribution in [2.75, 3.05) is 0 Å². The number of ether oxygens (including phenoxy) is 1. The lowest BCUT2D eigenvalue weighted by Crippen LogP contribution is -2.45. The van der Waals surface area contributed by atoms with Gasteiger partial charge in [-0.15, -0.1) is 0 Å². The molecule has 2 aliphatic rings. The first-order valence-corrected chi connectivity index (χ1v) is 12.0. The highest BCUT2D eigenvalue weighted by Gasteiger charge is 2.36. The monoisotopic (exact) mass is 467 g/mol. The van der Waals surface area contributed by atoms with Gasteiger partial charge in [0.1, 0.15) is 23.1 Å². The van der Waals surface area contributed by atoms with Crippen molar-refractivity contribution in [1.82, 2.24) is 9.88 Å². The molecule has 8 heteroatoms. The Kier molecular flexibility index (Phi) is 6.51. The van der Waals surface area contributed by atoms with Crippen LogP contribution in [0.5, 0.6) is 0 Å². The van der Waals surface area contributed by atoms with Gasteiger partial charge in [0.25, 0.3) is 5.91 Å². The molecule has 34 heavy (non-hydrogen) atoms. The number of carbonyl (C=O) groups is 3. The number of carbonyl (C=O) groups excluding carboxylic acids is 3. The highest BCUT2D eigenvalue weighted by atomic mass is 16.6. The Bertz CT molecular complexity index is 1110. The van der Waals surface area contributed by atoms with E-state index in [1.54, 1.807) is 26.8 Å². The first-order valence-electron chi connectivity index (χ1n) is 12.0. The minimum Gasteiger partial charge on any atom is -0.460 e. The van der Waals surface area contributed by atoms with E-state index < -0.39 is 23.5 Å². The summed E-state index contributed by atoms with van der Waals surface area (Å²) < 4.78 is 11.3. The van der Waals surface area contributed by atoms with Crippen LogP contribution < -0.4 is 5.73 Å². The van der Waals surface area contributed by atoms with Crippen LogP contribution in [0.3, 0.4) is 0 Å². The summed E-state index contributed by atoms with van der Waals surface area (Å²) in [7, 11) is 0. The summed E-state index contributed by atoms with van der Waals surface area (Å²) in [4.78, 5) is 43.6. The fourth-order valence-electron chi connectivity index (χ4n) is 4.96. The van der Waals surface area contributed by atoms with Crippen LogP contribution in [0.1, 0.15) is 92.8 Å². The number of rotatable bonds is 7. The molecule has 2 heterocycles. The van der Waals surface area contributed by atoms with Crippen molar-refractivity contribution in [3.8, 4) is 11.3 Å². The van der Waals surface area contributed by atoms with Crippen molar-refractivity contribution in [2.24, 2.45) is 5.73 Å². The van der Waals surface area contributed by atoms with Crippen molar-refractivity contribution < 1.29 is 23.5 Å². The molecule has 2 aromatic rings. The number of nitrogens with two attached hydrogens (primary N) is 1. The summed E-state index contributed by atoms with van der Waals surface area (Å²) in [5, 5.41) is 0. The molecule has 2 amide bonds. The lowest BCUT2D eigenvalue weighted by molar-refractivity contribution is -0.155. The fraction of sp³-hybridized carbons (Fsp3) is 0.538. The first kappa shape index (κ1) is 24.0. The molecule has 2 N–H and O–H groups in total. The minimum atomic E-state index is -0.890. The Hall–Kier alpha value is -3.16. The highest BCUT2D eigenvalue weighted by molar-refractivity contribution is 6.01. The molecule has 1 aliphatic heterocycles. The number of benzene rings is 1. The van der Waals surface area contributed by atoms with E-state index >= 15 is 0 Å².